The Bertz CT molecular complexity index is 890. The lowest BCUT2D eigenvalue weighted by Crippen LogP contribution is -2.41. The van der Waals surface area contributed by atoms with Crippen molar-refractivity contribution in [2.75, 3.05) is 12.0 Å². The average Bonchev–Trinajstić information content (AvgIpc) is 3.25. The summed E-state index contributed by atoms with van der Waals surface area (Å²) < 4.78 is 2.79. The van der Waals surface area contributed by atoms with E-state index in [0.29, 0.717) is 17.7 Å². The topological polar surface area (TPSA) is 84.2 Å². The van der Waals surface area contributed by atoms with Gasteiger partial charge in [-0.05, 0) is 48.8 Å². The number of thioether (sulfide) groups is 1. The van der Waals surface area contributed by atoms with E-state index in [0.717, 1.165) is 15.3 Å². The van der Waals surface area contributed by atoms with Crippen LogP contribution in [0.3, 0.4) is 0 Å². The van der Waals surface area contributed by atoms with E-state index in [-0.39, 0.29) is 5.91 Å². The minimum Gasteiger partial charge on any atom is -0.480 e. The molecular weight excluding hydrogens is 358 g/mol. The highest BCUT2D eigenvalue weighted by atomic mass is 32.2. The normalized spacial score (nSPS) is 12.2. The molecule has 6 nitrogen and oxygen atoms in total. The van der Waals surface area contributed by atoms with Crippen LogP contribution in [0.5, 0.6) is 0 Å². The number of nitrogens with zero attached hydrogens (tertiary/aromatic N) is 2. The van der Waals surface area contributed by atoms with Gasteiger partial charge in [-0.25, -0.2) is 9.78 Å². The van der Waals surface area contributed by atoms with E-state index in [1.165, 1.54) is 11.3 Å². The predicted octanol–water partition coefficient (Wildman–Crippen LogP) is 3.02. The molecule has 2 aromatic heterocycles. The molecule has 2 heterocycles. The summed E-state index contributed by atoms with van der Waals surface area (Å²) in [5, 5.41) is 12.7. The van der Waals surface area contributed by atoms with E-state index in [1.807, 2.05) is 35.3 Å². The Morgan fingerprint density at radius 1 is 1.36 bits per heavy atom. The van der Waals surface area contributed by atoms with Gasteiger partial charge in [-0.3, -0.25) is 4.79 Å². The summed E-state index contributed by atoms with van der Waals surface area (Å²) in [4.78, 5) is 28.2. The first-order valence-electron chi connectivity index (χ1n) is 7.65. The zero-order valence-electron chi connectivity index (χ0n) is 13.5. The van der Waals surface area contributed by atoms with Crippen LogP contribution in [0, 0.1) is 0 Å². The Kier molecular flexibility index (Phi) is 5.40. The van der Waals surface area contributed by atoms with E-state index >= 15 is 0 Å². The molecule has 130 valence electrons. The summed E-state index contributed by atoms with van der Waals surface area (Å²) in [6.07, 6.45) is 6.12. The van der Waals surface area contributed by atoms with Crippen LogP contribution < -0.4 is 5.32 Å². The number of amides is 1. The maximum Gasteiger partial charge on any atom is 0.326 e. The number of aliphatic carboxylic acids is 1. The van der Waals surface area contributed by atoms with Gasteiger partial charge in [0.15, 0.2) is 5.13 Å². The molecule has 0 saturated heterocycles. The largest absolute Gasteiger partial charge is 0.480 e. The highest BCUT2D eigenvalue weighted by Crippen LogP contribution is 2.26. The van der Waals surface area contributed by atoms with Gasteiger partial charge in [0.05, 0.1) is 10.2 Å². The van der Waals surface area contributed by atoms with Crippen molar-refractivity contribution in [3.05, 3.63) is 48.3 Å². The molecule has 0 saturated carbocycles. The molecule has 1 aromatic carbocycles. The lowest BCUT2D eigenvalue weighted by molar-refractivity contribution is -0.139. The van der Waals surface area contributed by atoms with Gasteiger partial charge in [0.1, 0.15) is 6.04 Å². The van der Waals surface area contributed by atoms with Crippen molar-refractivity contribution in [3.8, 4) is 5.13 Å². The zero-order chi connectivity index (χ0) is 17.8. The van der Waals surface area contributed by atoms with Gasteiger partial charge in [0.2, 0.25) is 0 Å². The lowest BCUT2D eigenvalue weighted by atomic mass is 10.1. The van der Waals surface area contributed by atoms with Crippen molar-refractivity contribution in [3.63, 3.8) is 0 Å². The number of carboxylic acid groups (broad SMARTS) is 1. The Hall–Kier alpha value is -2.32. The number of nitrogens with one attached hydrogen (secondary N) is 1. The standard InChI is InChI=1S/C17H17N3O3S2/c1-24-9-6-13(16(22)23)18-15(21)11-4-5-12-14(10-11)25-17(19-12)20-7-2-3-8-20/h2-5,7-8,10,13H,6,9H2,1H3,(H,18,21)(H,22,23). The maximum absolute atomic E-state index is 12.4. The molecule has 25 heavy (non-hydrogen) atoms. The lowest BCUT2D eigenvalue weighted by Gasteiger charge is -2.13. The first-order chi connectivity index (χ1) is 12.1. The van der Waals surface area contributed by atoms with Crippen molar-refractivity contribution >= 4 is 45.2 Å². The smallest absolute Gasteiger partial charge is 0.326 e. The van der Waals surface area contributed by atoms with Crippen LogP contribution in [-0.4, -0.2) is 44.6 Å². The molecule has 0 aliphatic carbocycles. The molecule has 0 bridgehead atoms. The highest BCUT2D eigenvalue weighted by Gasteiger charge is 2.20. The fourth-order valence-corrected chi connectivity index (χ4v) is 3.80. The van der Waals surface area contributed by atoms with Crippen LogP contribution in [0.25, 0.3) is 15.3 Å². The van der Waals surface area contributed by atoms with E-state index in [9.17, 15) is 14.7 Å². The van der Waals surface area contributed by atoms with E-state index in [4.69, 9.17) is 0 Å². The summed E-state index contributed by atoms with van der Waals surface area (Å²) in [7, 11) is 0. The summed E-state index contributed by atoms with van der Waals surface area (Å²) in [6.45, 7) is 0. The minimum absolute atomic E-state index is 0.383. The number of carbonyl (C=O) groups excluding carboxylic acids is 1. The first kappa shape index (κ1) is 17.5. The Labute approximate surface area is 152 Å². The molecule has 2 N–H and O–H groups in total. The second-order valence-corrected chi connectivity index (χ2v) is 7.41. The number of aromatic nitrogens is 2. The van der Waals surface area contributed by atoms with Gasteiger partial charge in [-0.2, -0.15) is 11.8 Å². The van der Waals surface area contributed by atoms with Gasteiger partial charge >= 0.3 is 5.97 Å². The van der Waals surface area contributed by atoms with Crippen molar-refractivity contribution in [1.82, 2.24) is 14.9 Å². The number of hydrogen-bond acceptors (Lipinski definition) is 5. The van der Waals surface area contributed by atoms with Crippen molar-refractivity contribution in [2.24, 2.45) is 0 Å². The molecule has 1 atom stereocenters. The Morgan fingerprint density at radius 2 is 2.12 bits per heavy atom. The minimum atomic E-state index is -1.02. The molecule has 0 aliphatic rings. The van der Waals surface area contributed by atoms with Crippen molar-refractivity contribution in [2.45, 2.75) is 12.5 Å². The van der Waals surface area contributed by atoms with E-state index in [1.54, 1.807) is 30.0 Å². The van der Waals surface area contributed by atoms with Gasteiger partial charge in [0.25, 0.3) is 5.91 Å². The molecular formula is C17H17N3O3S2. The molecule has 0 spiro atoms. The Balaban J connectivity index is 1.80. The number of carbonyl (C=O) groups is 2. The number of hydrogen-bond donors (Lipinski definition) is 2. The summed E-state index contributed by atoms with van der Waals surface area (Å²) in [6, 6.07) is 8.17. The SMILES string of the molecule is CSCCC(NC(=O)c1ccc2nc(-n3cccc3)sc2c1)C(=O)O. The first-order valence-corrected chi connectivity index (χ1v) is 9.86. The number of benzene rings is 1. The molecule has 1 amide bonds. The summed E-state index contributed by atoms with van der Waals surface area (Å²) >= 11 is 3.03. The third-order valence-electron chi connectivity index (χ3n) is 3.68. The van der Waals surface area contributed by atoms with Gasteiger partial charge in [0, 0.05) is 18.0 Å². The Morgan fingerprint density at radius 3 is 2.80 bits per heavy atom. The predicted molar refractivity (Wildman–Crippen MR) is 101 cm³/mol. The third kappa shape index (κ3) is 4.02. The van der Waals surface area contributed by atoms with Gasteiger partial charge < -0.3 is 15.0 Å². The monoisotopic (exact) mass is 375 g/mol. The fourth-order valence-electron chi connectivity index (χ4n) is 2.36. The second kappa shape index (κ2) is 7.71. The van der Waals surface area contributed by atoms with Crippen LogP contribution >= 0.6 is 23.1 Å². The third-order valence-corrected chi connectivity index (χ3v) is 5.35. The van der Waals surface area contributed by atoms with Crippen molar-refractivity contribution in [1.29, 1.82) is 0 Å². The van der Waals surface area contributed by atoms with E-state index in [2.05, 4.69) is 10.3 Å². The number of rotatable bonds is 7. The van der Waals surface area contributed by atoms with Crippen LogP contribution in [0.2, 0.25) is 0 Å². The molecule has 0 radical (unpaired) electrons. The maximum atomic E-state index is 12.4. The highest BCUT2D eigenvalue weighted by molar-refractivity contribution is 7.98. The summed E-state index contributed by atoms with van der Waals surface area (Å²) in [5.41, 5.74) is 1.24. The number of carboxylic acids is 1. The zero-order valence-corrected chi connectivity index (χ0v) is 15.1. The van der Waals surface area contributed by atoms with Crippen molar-refractivity contribution < 1.29 is 14.7 Å². The molecule has 1 unspecified atom stereocenters. The van der Waals surface area contributed by atoms with Gasteiger partial charge in [-0.1, -0.05) is 11.3 Å². The molecule has 0 fully saturated rings. The van der Waals surface area contributed by atoms with E-state index < -0.39 is 12.0 Å². The quantitative estimate of drug-likeness (QED) is 0.663. The van der Waals surface area contributed by atoms with Gasteiger partial charge in [-0.15, -0.1) is 0 Å². The van der Waals surface area contributed by atoms with Crippen LogP contribution in [-0.2, 0) is 4.79 Å². The second-order valence-electron chi connectivity index (χ2n) is 5.42. The van der Waals surface area contributed by atoms with Crippen LogP contribution in [0.1, 0.15) is 16.8 Å². The average molecular weight is 375 g/mol. The fraction of sp³-hybridized carbons (Fsp3) is 0.235. The van der Waals surface area contributed by atoms with Crippen LogP contribution in [0.4, 0.5) is 0 Å². The number of fused-ring (bicyclic) bond motifs is 1. The van der Waals surface area contributed by atoms with Crippen LogP contribution in [0.15, 0.2) is 42.7 Å². The molecule has 8 heteroatoms. The summed E-state index contributed by atoms with van der Waals surface area (Å²) in [5.74, 6) is -0.729. The molecule has 3 aromatic rings. The molecule has 3 rings (SSSR count). The molecule has 0 aliphatic heterocycles. The number of thiazole rings is 1.